The number of aromatic nitrogens is 1. The molecule has 1 aliphatic rings. The van der Waals surface area contributed by atoms with E-state index in [1.807, 2.05) is 16.7 Å². The summed E-state index contributed by atoms with van der Waals surface area (Å²) in [4.78, 5) is 14.2. The number of benzene rings is 3. The van der Waals surface area contributed by atoms with Crippen LogP contribution >= 0.6 is 23.2 Å². The molecule has 0 spiro atoms. The number of likely N-dealkylation sites (tertiary alicyclic amines) is 1. The van der Waals surface area contributed by atoms with Gasteiger partial charge in [0.1, 0.15) is 15.7 Å². The van der Waals surface area contributed by atoms with Crippen LogP contribution in [0, 0.1) is 0 Å². The van der Waals surface area contributed by atoms with Crippen molar-refractivity contribution in [1.29, 1.82) is 0 Å². The van der Waals surface area contributed by atoms with Gasteiger partial charge in [0.25, 0.3) is 0 Å². The topological polar surface area (TPSA) is 96.2 Å². The Morgan fingerprint density at radius 3 is 2.07 bits per heavy atom. The van der Waals surface area contributed by atoms with E-state index in [1.165, 1.54) is 31.0 Å². The predicted octanol–water partition coefficient (Wildman–Crippen LogP) is 5.79. The van der Waals surface area contributed by atoms with Gasteiger partial charge in [0.05, 0.1) is 23.1 Å². The smallest absolute Gasteiger partial charge is 0.406 e. The molecule has 1 aromatic heterocycles. The Bertz CT molecular complexity index is 1690. The average Bonchev–Trinajstić information content (AvgIpc) is 3.21. The normalized spacial score (nSPS) is 21.2. The van der Waals surface area contributed by atoms with E-state index in [-0.39, 0.29) is 23.9 Å². The van der Waals surface area contributed by atoms with E-state index >= 15 is 0 Å². The first-order valence-electron chi connectivity index (χ1n) is 12.4. The molecule has 41 heavy (non-hydrogen) atoms. The second kappa shape index (κ2) is 11.0. The molecule has 8 nitrogen and oxygen atoms in total. The van der Waals surface area contributed by atoms with E-state index in [4.69, 9.17) is 23.2 Å². The van der Waals surface area contributed by atoms with Crippen LogP contribution in [-0.2, 0) is 14.7 Å². The Morgan fingerprint density at radius 1 is 1.02 bits per heavy atom. The van der Waals surface area contributed by atoms with Gasteiger partial charge in [0.15, 0.2) is 0 Å². The van der Waals surface area contributed by atoms with Gasteiger partial charge in [-0.05, 0) is 60.7 Å². The molecule has 1 fully saturated rings. The van der Waals surface area contributed by atoms with Gasteiger partial charge < -0.3 is 19.3 Å². The molecule has 0 bridgehead atoms. The Balaban J connectivity index is 1.55. The maximum Gasteiger partial charge on any atom is 0.573 e. The maximum atomic E-state index is 13.9. The van der Waals surface area contributed by atoms with Gasteiger partial charge in [-0.3, -0.25) is 4.79 Å². The number of halogens is 5. The fraction of sp³-hybridized carbons (Fsp3) is 0.296. The Morgan fingerprint density at radius 2 is 1.59 bits per heavy atom. The summed E-state index contributed by atoms with van der Waals surface area (Å²) in [7, 11) is -2.14. The highest BCUT2D eigenvalue weighted by Gasteiger charge is 2.40. The van der Waals surface area contributed by atoms with Gasteiger partial charge in [-0.25, -0.2) is 13.3 Å². The molecular formula is C27H25Cl2F3N4O4S. The summed E-state index contributed by atoms with van der Waals surface area (Å²) in [6.07, 6.45) is -6.04. The molecule has 4 aromatic rings. The van der Waals surface area contributed by atoms with Gasteiger partial charge in [-0.1, -0.05) is 23.2 Å². The van der Waals surface area contributed by atoms with Gasteiger partial charge in [0.2, 0.25) is 5.91 Å². The molecule has 2 N–H and O–H groups in total. The third kappa shape index (κ3) is 5.84. The Hall–Kier alpha value is -3.03. The second-order valence-corrected chi connectivity index (χ2v) is 12.6. The number of nitrogens with zero attached hydrogens (tertiary/aromatic N) is 3. The summed E-state index contributed by atoms with van der Waals surface area (Å²) in [5.41, 5.74) is 1.50. The number of ether oxygens (including phenoxy) is 1. The summed E-state index contributed by atoms with van der Waals surface area (Å²) in [6, 6.07) is 13.6. The van der Waals surface area contributed by atoms with E-state index < -0.39 is 40.2 Å². The number of aliphatic hydroxyl groups is 1. The average molecular weight is 629 g/mol. The van der Waals surface area contributed by atoms with Gasteiger partial charge >= 0.3 is 6.36 Å². The van der Waals surface area contributed by atoms with Crippen LogP contribution in [-0.4, -0.2) is 63.3 Å². The molecule has 1 saturated heterocycles. The van der Waals surface area contributed by atoms with Crippen LogP contribution in [0.15, 0.2) is 69.9 Å². The molecule has 14 heteroatoms. The highest BCUT2D eigenvalue weighted by Crippen LogP contribution is 2.38. The molecular weight excluding hydrogens is 604 g/mol. The van der Waals surface area contributed by atoms with E-state index in [1.54, 1.807) is 24.3 Å². The first-order valence-corrected chi connectivity index (χ1v) is 14.7. The number of amides is 1. The fourth-order valence-electron chi connectivity index (χ4n) is 5.23. The molecule has 3 aromatic carbocycles. The van der Waals surface area contributed by atoms with Crippen molar-refractivity contribution in [2.24, 2.45) is 4.36 Å². The number of nitrogens with one attached hydrogen (secondary N) is 1. The number of fused-ring (bicyclic) bond motifs is 3. The Kier molecular flexibility index (Phi) is 7.90. The van der Waals surface area contributed by atoms with Crippen LogP contribution in [0.1, 0.15) is 13.0 Å². The van der Waals surface area contributed by atoms with Crippen LogP contribution in [0.3, 0.4) is 0 Å². The van der Waals surface area contributed by atoms with E-state index in [0.717, 1.165) is 33.9 Å². The molecule has 5 rings (SSSR count). The monoisotopic (exact) mass is 628 g/mol. The van der Waals surface area contributed by atoms with Crippen LogP contribution in [0.2, 0.25) is 10.0 Å². The predicted molar refractivity (Wildman–Crippen MR) is 152 cm³/mol. The zero-order valence-electron chi connectivity index (χ0n) is 21.7. The zero-order chi connectivity index (χ0) is 29.7. The van der Waals surface area contributed by atoms with Crippen LogP contribution in [0.4, 0.5) is 13.2 Å². The van der Waals surface area contributed by atoms with Crippen molar-refractivity contribution in [3.63, 3.8) is 0 Å². The van der Waals surface area contributed by atoms with E-state index in [0.29, 0.717) is 10.0 Å². The highest BCUT2D eigenvalue weighted by molar-refractivity contribution is 7.91. The van der Waals surface area contributed by atoms with Gasteiger partial charge in [-0.2, -0.15) is 0 Å². The quantitative estimate of drug-likeness (QED) is 0.292. The van der Waals surface area contributed by atoms with Crippen molar-refractivity contribution in [3.8, 4) is 5.75 Å². The van der Waals surface area contributed by atoms with Crippen molar-refractivity contribution in [3.05, 3.63) is 70.7 Å². The number of aliphatic hydroxyl groups excluding tert-OH is 1. The second-order valence-electron chi connectivity index (χ2n) is 9.63. The van der Waals surface area contributed by atoms with Crippen molar-refractivity contribution in [1.82, 2.24) is 14.2 Å². The molecule has 1 aliphatic heterocycles. The number of hydrogen-bond acceptors (Lipinski definition) is 5. The lowest BCUT2D eigenvalue weighted by Crippen LogP contribution is -2.60. The minimum absolute atomic E-state index is 0.0174. The van der Waals surface area contributed by atoms with E-state index in [9.17, 15) is 27.3 Å². The van der Waals surface area contributed by atoms with Crippen LogP contribution in [0.5, 0.6) is 5.75 Å². The SMILES string of the molecule is CN=S(=O)(NC1CN(C(C)=O)CC(n2c3ccc(Cl)cc3c3cc(Cl)ccc32)C1O)c1ccc(OC(F)(F)F)cc1. The summed E-state index contributed by atoms with van der Waals surface area (Å²) >= 11 is 12.6. The number of carbonyl (C=O) groups excluding carboxylic acids is 1. The zero-order valence-corrected chi connectivity index (χ0v) is 24.1. The summed E-state index contributed by atoms with van der Waals surface area (Å²) in [6.45, 7) is 1.58. The minimum Gasteiger partial charge on any atom is -0.406 e. The lowest BCUT2D eigenvalue weighted by Gasteiger charge is -2.42. The molecule has 1 amide bonds. The lowest BCUT2D eigenvalue weighted by molar-refractivity contribution is -0.274. The van der Waals surface area contributed by atoms with Crippen LogP contribution in [0.25, 0.3) is 21.8 Å². The first-order chi connectivity index (χ1) is 19.3. The number of rotatable bonds is 5. The number of hydrogen-bond donors (Lipinski definition) is 2. The largest absolute Gasteiger partial charge is 0.573 e. The molecule has 2 heterocycles. The van der Waals surface area contributed by atoms with Crippen molar-refractivity contribution in [2.45, 2.75) is 36.4 Å². The van der Waals surface area contributed by atoms with Crippen LogP contribution < -0.4 is 9.46 Å². The lowest BCUT2D eigenvalue weighted by atomic mass is 9.97. The third-order valence-corrected chi connectivity index (χ3v) is 9.60. The molecule has 4 atom stereocenters. The first kappa shape index (κ1) is 29.5. The Labute approximate surface area is 243 Å². The fourth-order valence-corrected chi connectivity index (χ4v) is 7.16. The highest BCUT2D eigenvalue weighted by atomic mass is 35.5. The van der Waals surface area contributed by atoms with Gasteiger partial charge in [-0.15, -0.1) is 13.2 Å². The molecule has 0 aliphatic carbocycles. The third-order valence-electron chi connectivity index (χ3n) is 7.08. The number of alkyl halides is 3. The van der Waals surface area contributed by atoms with E-state index in [2.05, 4.69) is 13.8 Å². The van der Waals surface area contributed by atoms with Crippen molar-refractivity contribution >= 4 is 60.8 Å². The molecule has 0 radical (unpaired) electrons. The van der Waals surface area contributed by atoms with Gasteiger partial charge in [0, 0.05) is 58.9 Å². The number of piperidine rings is 1. The van der Waals surface area contributed by atoms with Crippen molar-refractivity contribution in [2.75, 3.05) is 20.1 Å². The standard InChI is InChI=1S/C27H25Cl2F3N4O4S/c1-15(37)35-13-22(34-41(39,33-2)19-7-5-18(6-8-19)40-27(30,31)32)26(38)25(14-35)36-23-9-3-16(28)11-20(23)21-12-17(29)4-10-24(21)36/h3-12,22,25-26,38H,13-14H2,1-2H3,(H,33,34,39). The minimum atomic E-state index is -4.88. The number of carbonyl (C=O) groups is 1. The summed E-state index contributed by atoms with van der Waals surface area (Å²) in [5, 5.41) is 14.4. The molecule has 4 unspecified atom stereocenters. The summed E-state index contributed by atoms with van der Waals surface area (Å²) in [5.74, 6) is -0.736. The maximum absolute atomic E-state index is 13.9. The summed E-state index contributed by atoms with van der Waals surface area (Å²) < 4.78 is 64.5. The van der Waals surface area contributed by atoms with Crippen molar-refractivity contribution < 1.29 is 32.0 Å². The molecule has 0 saturated carbocycles. The molecule has 218 valence electrons.